The second-order valence-electron chi connectivity index (χ2n) is 9.60. The molecule has 0 aliphatic heterocycles. The number of sulfonamides is 1. The Labute approximate surface area is 219 Å². The number of ether oxygens (including phenoxy) is 3. The summed E-state index contributed by atoms with van der Waals surface area (Å²) in [5, 5.41) is 2.89. The maximum absolute atomic E-state index is 13.7. The van der Waals surface area contributed by atoms with Gasteiger partial charge >= 0.3 is 0 Å². The van der Waals surface area contributed by atoms with Crippen molar-refractivity contribution in [2.24, 2.45) is 0 Å². The third-order valence-corrected chi connectivity index (χ3v) is 6.63. The van der Waals surface area contributed by atoms with Crippen LogP contribution in [0, 0.1) is 0 Å². The lowest BCUT2D eigenvalue weighted by Crippen LogP contribution is -2.54. The summed E-state index contributed by atoms with van der Waals surface area (Å²) >= 11 is 0. The molecule has 1 atom stereocenters. The number of hydrogen-bond donors (Lipinski definition) is 1. The Kier molecular flexibility index (Phi) is 9.80. The Morgan fingerprint density at radius 1 is 0.973 bits per heavy atom. The zero-order chi connectivity index (χ0) is 28.0. The molecular formula is C26H37N3O7S. The van der Waals surface area contributed by atoms with E-state index in [-0.39, 0.29) is 18.1 Å². The number of benzene rings is 2. The first-order chi connectivity index (χ1) is 17.2. The maximum Gasteiger partial charge on any atom is 0.244 e. The van der Waals surface area contributed by atoms with E-state index in [2.05, 4.69) is 5.32 Å². The predicted octanol–water partition coefficient (Wildman–Crippen LogP) is 2.81. The van der Waals surface area contributed by atoms with Crippen molar-refractivity contribution in [3.63, 3.8) is 0 Å². The van der Waals surface area contributed by atoms with E-state index >= 15 is 0 Å². The van der Waals surface area contributed by atoms with Gasteiger partial charge in [0, 0.05) is 18.2 Å². The molecule has 0 radical (unpaired) electrons. The van der Waals surface area contributed by atoms with Crippen molar-refractivity contribution in [3.05, 3.63) is 48.0 Å². The summed E-state index contributed by atoms with van der Waals surface area (Å²) in [4.78, 5) is 28.1. The Morgan fingerprint density at radius 3 is 2.16 bits per heavy atom. The lowest BCUT2D eigenvalue weighted by atomic mass is 10.1. The molecule has 0 aliphatic carbocycles. The number of hydrogen-bond acceptors (Lipinski definition) is 7. The summed E-state index contributed by atoms with van der Waals surface area (Å²) in [6.45, 7) is 6.68. The molecule has 0 unspecified atom stereocenters. The smallest absolute Gasteiger partial charge is 0.244 e. The lowest BCUT2D eigenvalue weighted by molar-refractivity contribution is -0.140. The van der Waals surface area contributed by atoms with Crippen molar-refractivity contribution in [1.82, 2.24) is 10.2 Å². The normalized spacial score (nSPS) is 12.3. The molecule has 10 nitrogen and oxygen atoms in total. The van der Waals surface area contributed by atoms with Gasteiger partial charge in [-0.25, -0.2) is 8.42 Å². The highest BCUT2D eigenvalue weighted by atomic mass is 32.2. The topological polar surface area (TPSA) is 114 Å². The molecule has 0 fully saturated rings. The molecule has 2 aromatic rings. The third kappa shape index (κ3) is 8.28. The summed E-state index contributed by atoms with van der Waals surface area (Å²) in [5.74, 6) is 0.408. The minimum Gasteiger partial charge on any atom is -0.497 e. The van der Waals surface area contributed by atoms with Crippen molar-refractivity contribution >= 4 is 27.5 Å². The van der Waals surface area contributed by atoms with E-state index in [0.717, 1.165) is 16.1 Å². The first-order valence-electron chi connectivity index (χ1n) is 11.6. The fourth-order valence-corrected chi connectivity index (χ4v) is 4.46. The average molecular weight is 536 g/mol. The van der Waals surface area contributed by atoms with Crippen LogP contribution in [0.15, 0.2) is 42.5 Å². The fourth-order valence-electron chi connectivity index (χ4n) is 3.62. The first kappa shape index (κ1) is 29.8. The second-order valence-corrected chi connectivity index (χ2v) is 11.5. The minimum atomic E-state index is -3.88. The minimum absolute atomic E-state index is 0.0678. The van der Waals surface area contributed by atoms with Crippen LogP contribution in [-0.2, 0) is 26.2 Å². The van der Waals surface area contributed by atoms with Crippen molar-refractivity contribution < 1.29 is 32.2 Å². The largest absolute Gasteiger partial charge is 0.497 e. The van der Waals surface area contributed by atoms with E-state index in [9.17, 15) is 18.0 Å². The van der Waals surface area contributed by atoms with Gasteiger partial charge in [0.2, 0.25) is 21.8 Å². The number of methoxy groups -OCH3 is 3. The molecule has 0 spiro atoms. The molecule has 2 rings (SSSR count). The molecule has 2 aromatic carbocycles. The van der Waals surface area contributed by atoms with Crippen LogP contribution in [-0.4, -0.2) is 70.8 Å². The van der Waals surface area contributed by atoms with Crippen LogP contribution in [0.4, 0.5) is 5.69 Å². The summed E-state index contributed by atoms with van der Waals surface area (Å²) in [6, 6.07) is 10.8. The van der Waals surface area contributed by atoms with Gasteiger partial charge in [-0.3, -0.25) is 13.9 Å². The van der Waals surface area contributed by atoms with Gasteiger partial charge in [-0.05, 0) is 57.5 Å². The van der Waals surface area contributed by atoms with E-state index < -0.39 is 34.1 Å². The van der Waals surface area contributed by atoms with Gasteiger partial charge in [-0.1, -0.05) is 12.1 Å². The van der Waals surface area contributed by atoms with Crippen molar-refractivity contribution in [1.29, 1.82) is 0 Å². The maximum atomic E-state index is 13.7. The summed E-state index contributed by atoms with van der Waals surface area (Å²) in [5.41, 5.74) is 0.427. The number of nitrogens with one attached hydrogen (secondary N) is 1. The summed E-state index contributed by atoms with van der Waals surface area (Å²) < 4.78 is 42.3. The Hall–Kier alpha value is -3.47. The van der Waals surface area contributed by atoms with E-state index in [0.29, 0.717) is 17.2 Å². The van der Waals surface area contributed by atoms with Gasteiger partial charge in [0.25, 0.3) is 0 Å². The van der Waals surface area contributed by atoms with Crippen LogP contribution < -0.4 is 23.8 Å². The zero-order valence-corrected chi connectivity index (χ0v) is 23.5. The number of nitrogens with zero attached hydrogens (tertiary/aromatic N) is 2. The average Bonchev–Trinajstić information content (AvgIpc) is 2.83. The molecule has 37 heavy (non-hydrogen) atoms. The molecule has 1 N–H and O–H groups in total. The van der Waals surface area contributed by atoms with Crippen LogP contribution in [0.3, 0.4) is 0 Å². The fraction of sp³-hybridized carbons (Fsp3) is 0.462. The number of rotatable bonds is 11. The Bertz CT molecular complexity index is 1210. The van der Waals surface area contributed by atoms with Crippen LogP contribution in [0.5, 0.6) is 17.2 Å². The van der Waals surface area contributed by atoms with Gasteiger partial charge < -0.3 is 24.4 Å². The van der Waals surface area contributed by atoms with E-state index in [1.807, 2.05) is 20.8 Å². The highest BCUT2D eigenvalue weighted by molar-refractivity contribution is 7.92. The number of carbonyl (C=O) groups excluding carboxylic acids is 2. The molecular weight excluding hydrogens is 498 g/mol. The first-order valence-corrected chi connectivity index (χ1v) is 13.5. The Balaban J connectivity index is 2.47. The standard InChI is InChI=1S/C26H37N3O7S/c1-18(25(31)27-26(2,3)4)28(16-19-10-9-11-21(14-19)34-5)24(30)17-29(37(8,32)33)20-12-13-22(35-6)23(15-20)36-7/h9-15,18H,16-17H2,1-8H3,(H,27,31)/t18-/m1/s1. The highest BCUT2D eigenvalue weighted by Gasteiger charge is 2.31. The van der Waals surface area contributed by atoms with Crippen LogP contribution in [0.25, 0.3) is 0 Å². The van der Waals surface area contributed by atoms with Crippen molar-refractivity contribution in [3.8, 4) is 17.2 Å². The van der Waals surface area contributed by atoms with Gasteiger partial charge in [0.15, 0.2) is 11.5 Å². The molecule has 0 heterocycles. The van der Waals surface area contributed by atoms with Crippen LogP contribution in [0.1, 0.15) is 33.3 Å². The molecule has 11 heteroatoms. The summed E-state index contributed by atoms with van der Waals surface area (Å²) in [7, 11) is 0.557. The quantitative estimate of drug-likeness (QED) is 0.471. The number of carbonyl (C=O) groups is 2. The molecule has 2 amide bonds. The van der Waals surface area contributed by atoms with Crippen LogP contribution >= 0.6 is 0 Å². The van der Waals surface area contributed by atoms with Gasteiger partial charge in [0.05, 0.1) is 33.3 Å². The molecule has 0 bridgehead atoms. The van der Waals surface area contributed by atoms with Gasteiger partial charge in [-0.15, -0.1) is 0 Å². The molecule has 0 aliphatic rings. The van der Waals surface area contributed by atoms with Crippen molar-refractivity contribution in [2.45, 2.75) is 45.8 Å². The third-order valence-electron chi connectivity index (χ3n) is 5.49. The summed E-state index contributed by atoms with van der Waals surface area (Å²) in [6.07, 6.45) is 1.01. The molecule has 0 aromatic heterocycles. The Morgan fingerprint density at radius 2 is 1.62 bits per heavy atom. The van der Waals surface area contributed by atoms with Crippen molar-refractivity contribution in [2.75, 3.05) is 38.4 Å². The van der Waals surface area contributed by atoms with Gasteiger partial charge in [0.1, 0.15) is 18.3 Å². The number of amides is 2. The van der Waals surface area contributed by atoms with E-state index in [4.69, 9.17) is 14.2 Å². The predicted molar refractivity (Wildman–Crippen MR) is 143 cm³/mol. The van der Waals surface area contributed by atoms with E-state index in [1.54, 1.807) is 37.3 Å². The molecule has 204 valence electrons. The molecule has 0 saturated carbocycles. The highest BCUT2D eigenvalue weighted by Crippen LogP contribution is 2.32. The second kappa shape index (κ2) is 12.2. The molecule has 0 saturated heterocycles. The number of anilines is 1. The van der Waals surface area contributed by atoms with Crippen LogP contribution in [0.2, 0.25) is 0 Å². The monoisotopic (exact) mass is 535 g/mol. The lowest BCUT2D eigenvalue weighted by Gasteiger charge is -2.33. The zero-order valence-electron chi connectivity index (χ0n) is 22.7. The van der Waals surface area contributed by atoms with Gasteiger partial charge in [-0.2, -0.15) is 0 Å². The van der Waals surface area contributed by atoms with E-state index in [1.165, 1.54) is 38.4 Å². The SMILES string of the molecule is COc1cccc(CN(C(=O)CN(c2ccc(OC)c(OC)c2)S(C)(=O)=O)[C@H](C)C(=O)NC(C)(C)C)c1.